The van der Waals surface area contributed by atoms with Crippen LogP contribution in [-0.4, -0.2) is 24.5 Å². The van der Waals surface area contributed by atoms with Gasteiger partial charge in [-0.25, -0.2) is 0 Å². The molecule has 0 saturated heterocycles. The summed E-state index contributed by atoms with van der Waals surface area (Å²) in [6.45, 7) is 2.98. The second kappa shape index (κ2) is 7.83. The Balaban J connectivity index is 2.31. The summed E-state index contributed by atoms with van der Waals surface area (Å²) >= 11 is 11.5. The Morgan fingerprint density at radius 3 is 2.71 bits per heavy atom. The van der Waals surface area contributed by atoms with Crippen molar-refractivity contribution in [3.63, 3.8) is 0 Å². The zero-order valence-corrected chi connectivity index (χ0v) is 13.6. The second-order valence-electron chi connectivity index (χ2n) is 5.14. The molecular weight excluding hydrogens is 307 g/mol. The Labute approximate surface area is 135 Å². The number of anilines is 1. The van der Waals surface area contributed by atoms with Crippen LogP contribution in [0.15, 0.2) is 35.9 Å². The minimum atomic E-state index is -0.0953. The Morgan fingerprint density at radius 1 is 1.38 bits per heavy atom. The third-order valence-electron chi connectivity index (χ3n) is 3.83. The number of carbonyl (C=O) groups is 1. The fourth-order valence-corrected chi connectivity index (χ4v) is 3.20. The van der Waals surface area contributed by atoms with Gasteiger partial charge in [-0.05, 0) is 50.1 Å². The maximum absolute atomic E-state index is 12.5. The van der Waals surface area contributed by atoms with E-state index in [1.165, 1.54) is 11.6 Å². The van der Waals surface area contributed by atoms with Crippen molar-refractivity contribution in [3.05, 3.63) is 40.9 Å². The highest BCUT2D eigenvalue weighted by Gasteiger charge is 2.34. The largest absolute Gasteiger partial charge is 0.312 e. The quantitative estimate of drug-likeness (QED) is 0.831. The predicted molar refractivity (Wildman–Crippen MR) is 89.0 cm³/mol. The zero-order valence-electron chi connectivity index (χ0n) is 12.1. The van der Waals surface area contributed by atoms with Gasteiger partial charge in [-0.15, -0.1) is 0 Å². The number of nitrogens with zero attached hydrogens (tertiary/aromatic N) is 1. The van der Waals surface area contributed by atoms with Crippen molar-refractivity contribution in [1.82, 2.24) is 5.32 Å². The van der Waals surface area contributed by atoms with Crippen LogP contribution in [0.2, 0.25) is 5.02 Å². The molecule has 1 saturated carbocycles. The average molecular weight is 327 g/mol. The third-order valence-corrected chi connectivity index (χ3v) is 4.20. The summed E-state index contributed by atoms with van der Waals surface area (Å²) in [5.41, 5.74) is 2.12. The molecule has 1 aromatic rings. The fraction of sp³-hybridized carbons (Fsp3) is 0.438. The highest BCUT2D eigenvalue weighted by atomic mass is 35.5. The van der Waals surface area contributed by atoms with E-state index in [0.29, 0.717) is 11.1 Å². The van der Waals surface area contributed by atoms with Crippen LogP contribution < -0.4 is 10.2 Å². The van der Waals surface area contributed by atoms with E-state index in [2.05, 4.69) is 12.2 Å². The van der Waals surface area contributed by atoms with Gasteiger partial charge in [0.25, 0.3) is 5.91 Å². The van der Waals surface area contributed by atoms with Gasteiger partial charge >= 0.3 is 0 Å². The van der Waals surface area contributed by atoms with Crippen molar-refractivity contribution in [2.75, 3.05) is 11.4 Å². The van der Waals surface area contributed by atoms with Crippen LogP contribution in [0, 0.1) is 0 Å². The predicted octanol–water partition coefficient (Wildman–Crippen LogP) is 3.96. The summed E-state index contributed by atoms with van der Waals surface area (Å²) in [7, 11) is 0. The van der Waals surface area contributed by atoms with E-state index in [1.54, 1.807) is 12.1 Å². The lowest BCUT2D eigenvalue weighted by Gasteiger charge is -2.33. The summed E-state index contributed by atoms with van der Waals surface area (Å²) in [4.78, 5) is 14.3. The first-order chi connectivity index (χ1) is 10.2. The maximum atomic E-state index is 12.5. The van der Waals surface area contributed by atoms with Crippen molar-refractivity contribution in [1.29, 1.82) is 0 Å². The average Bonchev–Trinajstić information content (AvgIpc) is 2.90. The van der Waals surface area contributed by atoms with Gasteiger partial charge in [0.1, 0.15) is 0 Å². The van der Waals surface area contributed by atoms with Crippen LogP contribution in [0.4, 0.5) is 5.69 Å². The molecule has 114 valence electrons. The van der Waals surface area contributed by atoms with Gasteiger partial charge in [0.15, 0.2) is 0 Å². The van der Waals surface area contributed by atoms with E-state index in [4.69, 9.17) is 23.2 Å². The Bertz CT molecular complexity index is 502. The maximum Gasteiger partial charge on any atom is 0.252 e. The van der Waals surface area contributed by atoms with Gasteiger partial charge in [-0.3, -0.25) is 4.79 Å². The van der Waals surface area contributed by atoms with Gasteiger partial charge < -0.3 is 10.2 Å². The minimum Gasteiger partial charge on any atom is -0.312 e. The van der Waals surface area contributed by atoms with E-state index in [-0.39, 0.29) is 11.9 Å². The van der Waals surface area contributed by atoms with E-state index in [9.17, 15) is 4.79 Å². The first-order valence-electron chi connectivity index (χ1n) is 7.26. The topological polar surface area (TPSA) is 32.3 Å². The van der Waals surface area contributed by atoms with Crippen LogP contribution in [0.1, 0.15) is 26.2 Å². The Morgan fingerprint density at radius 2 is 2.10 bits per heavy atom. The lowest BCUT2D eigenvalue weighted by Crippen LogP contribution is -2.49. The normalized spacial score (nSPS) is 21.9. The number of carbonyl (C=O) groups excluding carboxylic acids is 1. The van der Waals surface area contributed by atoms with E-state index >= 15 is 0 Å². The van der Waals surface area contributed by atoms with Crippen molar-refractivity contribution in [3.8, 4) is 0 Å². The number of hydrogen-bond donors (Lipinski definition) is 1. The number of amides is 1. The lowest BCUT2D eigenvalue weighted by atomic mass is 10.1. The number of halogens is 2. The molecule has 2 rings (SSSR count). The van der Waals surface area contributed by atoms with Crippen molar-refractivity contribution in [2.45, 2.75) is 38.3 Å². The highest BCUT2D eigenvalue weighted by Crippen LogP contribution is 2.30. The van der Waals surface area contributed by atoms with E-state index < -0.39 is 0 Å². The van der Waals surface area contributed by atoms with Crippen molar-refractivity contribution in [2.24, 2.45) is 0 Å². The SMILES string of the molecule is CCNC1CCCC1N(C(=O)C=CCl)c1ccc(Cl)cc1. The molecule has 1 N–H and O–H groups in total. The van der Waals surface area contributed by atoms with Gasteiger partial charge in [-0.2, -0.15) is 0 Å². The molecule has 2 atom stereocenters. The molecule has 0 aromatic heterocycles. The summed E-state index contributed by atoms with van der Waals surface area (Å²) < 4.78 is 0. The molecule has 0 spiro atoms. The number of nitrogens with one attached hydrogen (secondary N) is 1. The van der Waals surface area contributed by atoms with Gasteiger partial charge in [-0.1, -0.05) is 30.1 Å². The summed E-state index contributed by atoms with van der Waals surface area (Å²) in [6, 6.07) is 7.83. The van der Waals surface area contributed by atoms with Crippen molar-refractivity contribution < 1.29 is 4.79 Å². The summed E-state index contributed by atoms with van der Waals surface area (Å²) in [6.07, 6.45) is 4.59. The molecule has 2 unspecified atom stereocenters. The number of benzene rings is 1. The molecule has 0 bridgehead atoms. The molecule has 21 heavy (non-hydrogen) atoms. The van der Waals surface area contributed by atoms with Gasteiger partial charge in [0, 0.05) is 28.4 Å². The fourth-order valence-electron chi connectivity index (χ4n) is 2.97. The molecule has 1 aliphatic carbocycles. The second-order valence-corrected chi connectivity index (χ2v) is 5.83. The minimum absolute atomic E-state index is 0.0953. The molecule has 5 heteroatoms. The van der Waals surface area contributed by atoms with Gasteiger partial charge in [0.2, 0.25) is 0 Å². The van der Waals surface area contributed by atoms with E-state index in [1.807, 2.05) is 17.0 Å². The zero-order chi connectivity index (χ0) is 15.2. The third kappa shape index (κ3) is 4.00. The first kappa shape index (κ1) is 16.3. The van der Waals surface area contributed by atoms with Crippen LogP contribution >= 0.6 is 23.2 Å². The molecule has 1 amide bonds. The highest BCUT2D eigenvalue weighted by molar-refractivity contribution is 6.30. The molecule has 0 heterocycles. The molecular formula is C16H20Cl2N2O. The van der Waals surface area contributed by atoms with Crippen LogP contribution in [0.3, 0.4) is 0 Å². The Kier molecular flexibility index (Phi) is 6.09. The smallest absolute Gasteiger partial charge is 0.252 e. The molecule has 1 fully saturated rings. The monoisotopic (exact) mass is 326 g/mol. The summed E-state index contributed by atoms with van der Waals surface area (Å²) in [5.74, 6) is -0.0953. The van der Waals surface area contributed by atoms with Gasteiger partial charge in [0.05, 0.1) is 6.04 Å². The van der Waals surface area contributed by atoms with Crippen LogP contribution in [0.25, 0.3) is 0 Å². The number of rotatable bonds is 5. The Hall–Kier alpha value is -1.03. The van der Waals surface area contributed by atoms with E-state index in [0.717, 1.165) is 31.5 Å². The number of likely N-dealkylation sites (N-methyl/N-ethyl adjacent to an activating group) is 1. The first-order valence-corrected chi connectivity index (χ1v) is 8.07. The molecule has 0 aliphatic heterocycles. The molecule has 0 radical (unpaired) electrons. The number of hydrogen-bond acceptors (Lipinski definition) is 2. The van der Waals surface area contributed by atoms with Crippen LogP contribution in [0.5, 0.6) is 0 Å². The van der Waals surface area contributed by atoms with Crippen molar-refractivity contribution >= 4 is 34.8 Å². The molecule has 3 nitrogen and oxygen atoms in total. The standard InChI is InChI=1S/C16H20Cl2N2O/c1-2-19-14-4-3-5-15(14)20(16(21)10-11-17)13-8-6-12(18)7-9-13/h6-11,14-15,19H,2-5H2,1H3. The lowest BCUT2D eigenvalue weighted by molar-refractivity contribution is -0.114. The van der Waals surface area contributed by atoms with Crippen LogP contribution in [-0.2, 0) is 4.79 Å². The molecule has 1 aliphatic rings. The summed E-state index contributed by atoms with van der Waals surface area (Å²) in [5, 5.41) is 4.14. The molecule has 1 aromatic carbocycles.